The first-order chi connectivity index (χ1) is 9.84. The van der Waals surface area contributed by atoms with Gasteiger partial charge in [-0.3, -0.25) is 4.79 Å². The smallest absolute Gasteiger partial charge is 0.244 e. The van der Waals surface area contributed by atoms with E-state index in [1.807, 2.05) is 66.7 Å². The molecule has 0 saturated carbocycles. The Bertz CT molecular complexity index is 589. The number of carbonyl (C=O) groups excluding carboxylic acids is 1. The summed E-state index contributed by atoms with van der Waals surface area (Å²) in [6.45, 7) is 0. The van der Waals surface area contributed by atoms with E-state index in [1.165, 1.54) is 0 Å². The quantitative estimate of drug-likeness (QED) is 0.654. The normalized spacial score (nSPS) is 11.0. The van der Waals surface area contributed by atoms with Crippen LogP contribution in [-0.4, -0.2) is 12.1 Å². The minimum Gasteiger partial charge on any atom is -0.273 e. The molecule has 100 valence electrons. The van der Waals surface area contributed by atoms with Gasteiger partial charge in [0.05, 0.1) is 6.42 Å². The van der Waals surface area contributed by atoms with Crippen LogP contribution in [0.15, 0.2) is 71.8 Å². The van der Waals surface area contributed by atoms with Crippen LogP contribution in [-0.2, 0) is 11.2 Å². The van der Waals surface area contributed by atoms with Crippen LogP contribution < -0.4 is 5.43 Å². The third-order valence-corrected chi connectivity index (χ3v) is 2.65. The van der Waals surface area contributed by atoms with E-state index in [4.69, 9.17) is 0 Å². The molecule has 0 bridgehead atoms. The fourth-order valence-corrected chi connectivity index (χ4v) is 1.69. The summed E-state index contributed by atoms with van der Waals surface area (Å²) in [6.07, 6.45) is 5.61. The number of hydrogen-bond donors (Lipinski definition) is 1. The first-order valence-corrected chi connectivity index (χ1v) is 6.42. The van der Waals surface area contributed by atoms with Crippen molar-refractivity contribution >= 4 is 18.2 Å². The second-order valence-corrected chi connectivity index (χ2v) is 4.25. The van der Waals surface area contributed by atoms with Gasteiger partial charge in [-0.15, -0.1) is 0 Å². The summed E-state index contributed by atoms with van der Waals surface area (Å²) >= 11 is 0. The molecule has 2 rings (SSSR count). The summed E-state index contributed by atoms with van der Waals surface area (Å²) in [7, 11) is 0. The highest BCUT2D eigenvalue weighted by atomic mass is 16.2. The summed E-state index contributed by atoms with van der Waals surface area (Å²) in [5, 5.41) is 3.87. The van der Waals surface area contributed by atoms with Crippen molar-refractivity contribution < 1.29 is 4.79 Å². The molecule has 0 spiro atoms. The Morgan fingerprint density at radius 2 is 1.65 bits per heavy atom. The van der Waals surface area contributed by atoms with E-state index in [9.17, 15) is 4.79 Å². The van der Waals surface area contributed by atoms with E-state index in [0.29, 0.717) is 6.42 Å². The van der Waals surface area contributed by atoms with Gasteiger partial charge < -0.3 is 0 Å². The van der Waals surface area contributed by atoms with E-state index in [1.54, 1.807) is 12.3 Å². The molecule has 0 heterocycles. The minimum atomic E-state index is -0.124. The van der Waals surface area contributed by atoms with E-state index in [2.05, 4.69) is 10.5 Å². The van der Waals surface area contributed by atoms with Crippen molar-refractivity contribution in [3.63, 3.8) is 0 Å². The highest BCUT2D eigenvalue weighted by Gasteiger charge is 1.99. The van der Waals surface area contributed by atoms with Gasteiger partial charge in [0.15, 0.2) is 0 Å². The molecule has 3 nitrogen and oxygen atoms in total. The van der Waals surface area contributed by atoms with Gasteiger partial charge in [-0.2, -0.15) is 5.10 Å². The highest BCUT2D eigenvalue weighted by molar-refractivity contribution is 5.82. The van der Waals surface area contributed by atoms with Gasteiger partial charge in [-0.1, -0.05) is 66.7 Å². The third-order valence-electron chi connectivity index (χ3n) is 2.65. The molecule has 2 aromatic carbocycles. The minimum absolute atomic E-state index is 0.124. The first-order valence-electron chi connectivity index (χ1n) is 6.42. The van der Waals surface area contributed by atoms with Crippen LogP contribution in [0.25, 0.3) is 6.08 Å². The molecule has 0 atom stereocenters. The lowest BCUT2D eigenvalue weighted by atomic mass is 10.1. The maximum absolute atomic E-state index is 11.6. The number of carbonyl (C=O) groups is 1. The second kappa shape index (κ2) is 7.69. The largest absolute Gasteiger partial charge is 0.273 e. The van der Waals surface area contributed by atoms with Crippen molar-refractivity contribution in [1.29, 1.82) is 0 Å². The Morgan fingerprint density at radius 1 is 1.00 bits per heavy atom. The van der Waals surface area contributed by atoms with Crippen LogP contribution in [0.1, 0.15) is 11.1 Å². The number of hydrazone groups is 1. The molecule has 0 unspecified atom stereocenters. The second-order valence-electron chi connectivity index (χ2n) is 4.25. The maximum atomic E-state index is 11.6. The number of rotatable bonds is 5. The van der Waals surface area contributed by atoms with Gasteiger partial charge in [0, 0.05) is 6.21 Å². The van der Waals surface area contributed by atoms with Gasteiger partial charge >= 0.3 is 0 Å². The van der Waals surface area contributed by atoms with Gasteiger partial charge in [-0.25, -0.2) is 5.43 Å². The van der Waals surface area contributed by atoms with Crippen molar-refractivity contribution in [1.82, 2.24) is 5.43 Å². The number of allylic oxidation sites excluding steroid dienone is 1. The molecule has 20 heavy (non-hydrogen) atoms. The SMILES string of the molecule is O=C(Cc1ccccc1)NN=C/C=C\c1ccccc1. The van der Waals surface area contributed by atoms with E-state index in [-0.39, 0.29) is 5.91 Å². The molecule has 0 saturated heterocycles. The van der Waals surface area contributed by atoms with Crippen molar-refractivity contribution in [2.45, 2.75) is 6.42 Å². The zero-order valence-electron chi connectivity index (χ0n) is 11.1. The third kappa shape index (κ3) is 4.90. The van der Waals surface area contributed by atoms with Gasteiger partial charge in [0.25, 0.3) is 0 Å². The van der Waals surface area contributed by atoms with E-state index in [0.717, 1.165) is 11.1 Å². The predicted molar refractivity (Wildman–Crippen MR) is 82.3 cm³/mol. The molecule has 3 heteroatoms. The Morgan fingerprint density at radius 3 is 2.35 bits per heavy atom. The number of amides is 1. The topological polar surface area (TPSA) is 41.5 Å². The molecule has 0 aliphatic rings. The molecule has 2 aromatic rings. The summed E-state index contributed by atoms with van der Waals surface area (Å²) in [6, 6.07) is 19.5. The van der Waals surface area contributed by atoms with Crippen LogP contribution in [0.2, 0.25) is 0 Å². The number of hydrogen-bond acceptors (Lipinski definition) is 2. The Kier molecular flexibility index (Phi) is 5.28. The van der Waals surface area contributed by atoms with Gasteiger partial charge in [-0.05, 0) is 17.2 Å². The molecule has 0 aliphatic carbocycles. The lowest BCUT2D eigenvalue weighted by Crippen LogP contribution is -2.19. The number of nitrogens with zero attached hydrogens (tertiary/aromatic N) is 1. The van der Waals surface area contributed by atoms with Crippen molar-refractivity contribution in [3.05, 3.63) is 77.9 Å². The van der Waals surface area contributed by atoms with Crippen molar-refractivity contribution in [2.24, 2.45) is 5.10 Å². The molecule has 0 aliphatic heterocycles. The van der Waals surface area contributed by atoms with E-state index >= 15 is 0 Å². The van der Waals surface area contributed by atoms with Crippen LogP contribution in [0, 0.1) is 0 Å². The average molecular weight is 264 g/mol. The zero-order chi connectivity index (χ0) is 14.0. The summed E-state index contributed by atoms with van der Waals surface area (Å²) < 4.78 is 0. The molecule has 1 amide bonds. The van der Waals surface area contributed by atoms with Gasteiger partial charge in [0.2, 0.25) is 5.91 Å². The Labute approximate surface area is 118 Å². The fourth-order valence-electron chi connectivity index (χ4n) is 1.69. The highest BCUT2D eigenvalue weighted by Crippen LogP contribution is 2.00. The van der Waals surface area contributed by atoms with Crippen molar-refractivity contribution in [2.75, 3.05) is 0 Å². The maximum Gasteiger partial charge on any atom is 0.244 e. The monoisotopic (exact) mass is 264 g/mol. The summed E-state index contributed by atoms with van der Waals surface area (Å²) in [4.78, 5) is 11.6. The lowest BCUT2D eigenvalue weighted by molar-refractivity contribution is -0.120. The Hall–Kier alpha value is -2.68. The van der Waals surface area contributed by atoms with Crippen molar-refractivity contribution in [3.8, 4) is 0 Å². The summed E-state index contributed by atoms with van der Waals surface area (Å²) in [5.41, 5.74) is 4.56. The average Bonchev–Trinajstić information content (AvgIpc) is 2.49. The standard InChI is InChI=1S/C17H16N2O/c20-17(14-16-10-5-2-6-11-16)19-18-13-7-12-15-8-3-1-4-9-15/h1-13H,14H2,(H,19,20)/b12-7-,18-13?. The first kappa shape index (κ1) is 13.7. The molecular weight excluding hydrogens is 248 g/mol. The molecular formula is C17H16N2O. The van der Waals surface area contributed by atoms with Crippen LogP contribution in [0.5, 0.6) is 0 Å². The molecule has 1 N–H and O–H groups in total. The molecule has 0 radical (unpaired) electrons. The number of benzene rings is 2. The molecule has 0 fully saturated rings. The van der Waals surface area contributed by atoms with Gasteiger partial charge in [0.1, 0.15) is 0 Å². The predicted octanol–water partition coefficient (Wildman–Crippen LogP) is 3.04. The number of nitrogens with one attached hydrogen (secondary N) is 1. The molecule has 0 aromatic heterocycles. The van der Waals surface area contributed by atoms with Crippen LogP contribution in [0.3, 0.4) is 0 Å². The Balaban J connectivity index is 1.76. The zero-order valence-corrected chi connectivity index (χ0v) is 11.1. The summed E-state index contributed by atoms with van der Waals surface area (Å²) in [5.74, 6) is -0.124. The lowest BCUT2D eigenvalue weighted by Gasteiger charge is -1.98. The van der Waals surface area contributed by atoms with Crippen LogP contribution >= 0.6 is 0 Å². The fraction of sp³-hybridized carbons (Fsp3) is 0.0588. The van der Waals surface area contributed by atoms with E-state index < -0.39 is 0 Å². The van der Waals surface area contributed by atoms with Crippen LogP contribution in [0.4, 0.5) is 0 Å².